The van der Waals surface area contributed by atoms with Gasteiger partial charge in [0.15, 0.2) is 0 Å². The number of fused-ring (bicyclic) bond motifs is 2. The molecule has 0 spiro atoms. The summed E-state index contributed by atoms with van der Waals surface area (Å²) in [5.41, 5.74) is 3.17. The topological polar surface area (TPSA) is 61.9 Å². The first-order valence-electron chi connectivity index (χ1n) is 11.3. The normalized spacial score (nSPS) is 27.6. The maximum Gasteiger partial charge on any atom is 0.252 e. The van der Waals surface area contributed by atoms with Crippen molar-refractivity contribution in [3.05, 3.63) is 71.0 Å². The van der Waals surface area contributed by atoms with Gasteiger partial charge in [0, 0.05) is 25.6 Å². The molecule has 5 rings (SSSR count). The van der Waals surface area contributed by atoms with Crippen LogP contribution in [0, 0.1) is 5.82 Å². The molecule has 0 aliphatic carbocycles. The maximum absolute atomic E-state index is 13.7. The lowest BCUT2D eigenvalue weighted by Crippen LogP contribution is -2.66. The molecule has 4 atom stereocenters. The van der Waals surface area contributed by atoms with Crippen molar-refractivity contribution in [2.45, 2.75) is 44.0 Å². The van der Waals surface area contributed by atoms with E-state index in [1.54, 1.807) is 12.1 Å². The molecule has 6 nitrogen and oxygen atoms in total. The van der Waals surface area contributed by atoms with Gasteiger partial charge in [-0.3, -0.25) is 9.59 Å². The fourth-order valence-electron chi connectivity index (χ4n) is 5.39. The van der Waals surface area contributed by atoms with Gasteiger partial charge in [-0.1, -0.05) is 36.4 Å². The minimum absolute atomic E-state index is 0.0386. The summed E-state index contributed by atoms with van der Waals surface area (Å²) < 4.78 is 19.7. The molecule has 0 unspecified atom stereocenters. The molecule has 2 fully saturated rings. The van der Waals surface area contributed by atoms with Crippen LogP contribution in [0.3, 0.4) is 0 Å². The van der Waals surface area contributed by atoms with E-state index in [1.807, 2.05) is 34.9 Å². The van der Waals surface area contributed by atoms with Crippen LogP contribution in [-0.2, 0) is 20.7 Å². The Balaban J connectivity index is 1.41. The second-order valence-corrected chi connectivity index (χ2v) is 8.73. The van der Waals surface area contributed by atoms with E-state index in [1.165, 1.54) is 17.7 Å². The van der Waals surface area contributed by atoms with E-state index >= 15 is 0 Å². The van der Waals surface area contributed by atoms with Crippen LogP contribution in [0.5, 0.6) is 0 Å². The van der Waals surface area contributed by atoms with Gasteiger partial charge in [0.2, 0.25) is 5.91 Å². The minimum atomic E-state index is -0.566. The number of rotatable bonds is 3. The molecule has 3 heterocycles. The predicted molar refractivity (Wildman–Crippen MR) is 117 cm³/mol. The van der Waals surface area contributed by atoms with Crippen LogP contribution in [0.25, 0.3) is 0 Å². The molecule has 7 heteroatoms. The predicted octanol–water partition coefficient (Wildman–Crippen LogP) is 2.28. The van der Waals surface area contributed by atoms with E-state index in [4.69, 9.17) is 4.74 Å². The van der Waals surface area contributed by atoms with E-state index in [9.17, 15) is 14.0 Å². The lowest BCUT2D eigenvalue weighted by molar-refractivity contribution is -0.158. The van der Waals surface area contributed by atoms with Crippen LogP contribution < -0.4 is 5.32 Å². The Morgan fingerprint density at radius 1 is 1.19 bits per heavy atom. The first kappa shape index (κ1) is 21.1. The third-order valence-corrected chi connectivity index (χ3v) is 7.01. The number of amides is 2. The number of hydrogen-bond acceptors (Lipinski definition) is 4. The highest BCUT2D eigenvalue weighted by Gasteiger charge is 2.44. The van der Waals surface area contributed by atoms with Gasteiger partial charge < -0.3 is 19.9 Å². The van der Waals surface area contributed by atoms with Gasteiger partial charge in [-0.15, -0.1) is 0 Å². The number of hydrogen-bond donors (Lipinski definition) is 1. The molecule has 0 aromatic heterocycles. The Morgan fingerprint density at radius 3 is 2.75 bits per heavy atom. The van der Waals surface area contributed by atoms with Gasteiger partial charge in [0.05, 0.1) is 25.2 Å². The lowest BCUT2D eigenvalue weighted by atomic mass is 9.87. The van der Waals surface area contributed by atoms with E-state index in [-0.39, 0.29) is 35.8 Å². The number of halogens is 1. The summed E-state index contributed by atoms with van der Waals surface area (Å²) in [5, 5.41) is 3.30. The van der Waals surface area contributed by atoms with Crippen molar-refractivity contribution in [1.29, 1.82) is 0 Å². The molecule has 0 saturated carbocycles. The smallest absolute Gasteiger partial charge is 0.252 e. The monoisotopic (exact) mass is 437 g/mol. The number of nitrogens with zero attached hydrogens (tertiary/aromatic N) is 2. The zero-order valence-electron chi connectivity index (χ0n) is 18.2. The van der Waals surface area contributed by atoms with Crippen molar-refractivity contribution >= 4 is 11.8 Å². The lowest BCUT2D eigenvalue weighted by Gasteiger charge is -2.47. The number of likely N-dealkylation sites (N-methyl/N-ethyl adjacent to an activating group) is 1. The number of carbonyl (C=O) groups is 2. The van der Waals surface area contributed by atoms with E-state index in [2.05, 4.69) is 11.4 Å². The summed E-state index contributed by atoms with van der Waals surface area (Å²) in [4.78, 5) is 29.6. The van der Waals surface area contributed by atoms with Crippen LogP contribution in [0.15, 0.2) is 48.5 Å². The van der Waals surface area contributed by atoms with Crippen molar-refractivity contribution in [3.63, 3.8) is 0 Å². The van der Waals surface area contributed by atoms with Crippen LogP contribution in [0.4, 0.5) is 4.39 Å². The van der Waals surface area contributed by atoms with Gasteiger partial charge in [-0.25, -0.2) is 4.39 Å². The van der Waals surface area contributed by atoms with Crippen molar-refractivity contribution in [3.8, 4) is 0 Å². The second kappa shape index (κ2) is 8.64. The standard InChI is InChI=1S/C25H28FN3O3/c1-2-28-21-15-32-22(13-20(21)27-14-23(28)30)25(31)29-12-11-16-5-3-4-6-19(16)24(29)17-7-9-18(26)10-8-17/h3-10,20-22,24,27H,2,11-15H2,1H3/t20-,21-,22+,24-/m0/s1. The van der Waals surface area contributed by atoms with Crippen molar-refractivity contribution in [1.82, 2.24) is 15.1 Å². The molecular formula is C25H28FN3O3. The molecule has 2 aromatic carbocycles. The van der Waals surface area contributed by atoms with Gasteiger partial charge in [0.1, 0.15) is 11.9 Å². The van der Waals surface area contributed by atoms with Gasteiger partial charge in [0.25, 0.3) is 5.91 Å². The van der Waals surface area contributed by atoms with Gasteiger partial charge in [-0.05, 0) is 42.2 Å². The molecule has 3 aliphatic heterocycles. The van der Waals surface area contributed by atoms with Crippen LogP contribution in [-0.4, -0.2) is 66.0 Å². The van der Waals surface area contributed by atoms with Crippen molar-refractivity contribution in [2.75, 3.05) is 26.2 Å². The molecule has 1 N–H and O–H groups in total. The molecular weight excluding hydrogens is 409 g/mol. The summed E-state index contributed by atoms with van der Waals surface area (Å²) in [7, 11) is 0. The molecule has 2 saturated heterocycles. The van der Waals surface area contributed by atoms with E-state index in [0.717, 1.165) is 17.5 Å². The highest BCUT2D eigenvalue weighted by molar-refractivity contribution is 5.83. The number of piperazine rings is 1. The fraction of sp³-hybridized carbons (Fsp3) is 0.440. The summed E-state index contributed by atoms with van der Waals surface area (Å²) in [6.45, 7) is 3.83. The molecule has 3 aliphatic rings. The molecule has 2 aromatic rings. The van der Waals surface area contributed by atoms with Crippen molar-refractivity contribution in [2.24, 2.45) is 0 Å². The summed E-state index contributed by atoms with van der Waals surface area (Å²) in [6.07, 6.45) is 0.736. The third kappa shape index (κ3) is 3.69. The Morgan fingerprint density at radius 2 is 1.97 bits per heavy atom. The third-order valence-electron chi connectivity index (χ3n) is 7.01. The molecule has 32 heavy (non-hydrogen) atoms. The van der Waals surface area contributed by atoms with Gasteiger partial charge >= 0.3 is 0 Å². The average molecular weight is 438 g/mol. The molecule has 168 valence electrons. The second-order valence-electron chi connectivity index (χ2n) is 8.73. The van der Waals surface area contributed by atoms with Crippen LogP contribution in [0.2, 0.25) is 0 Å². The number of benzene rings is 2. The number of carbonyl (C=O) groups excluding carboxylic acids is 2. The van der Waals surface area contributed by atoms with E-state index < -0.39 is 6.10 Å². The number of ether oxygens (including phenoxy) is 1. The Labute approximate surface area is 187 Å². The minimum Gasteiger partial charge on any atom is -0.366 e. The first-order chi connectivity index (χ1) is 15.6. The average Bonchev–Trinajstić information content (AvgIpc) is 2.83. The summed E-state index contributed by atoms with van der Waals surface area (Å²) in [6, 6.07) is 14.3. The zero-order chi connectivity index (χ0) is 22.2. The maximum atomic E-state index is 13.7. The largest absolute Gasteiger partial charge is 0.366 e. The molecule has 0 radical (unpaired) electrons. The SMILES string of the molecule is CCN1C(=O)CN[C@H]2C[C@H](C(=O)N3CCc4ccccc4[C@@H]3c3ccc(F)cc3)OC[C@@H]21. The Bertz CT molecular complexity index is 1010. The number of nitrogens with one attached hydrogen (secondary N) is 1. The van der Waals surface area contributed by atoms with Crippen LogP contribution >= 0.6 is 0 Å². The summed E-state index contributed by atoms with van der Waals surface area (Å²) >= 11 is 0. The first-order valence-corrected chi connectivity index (χ1v) is 11.3. The quantitative estimate of drug-likeness (QED) is 0.801. The Kier molecular flexibility index (Phi) is 5.69. The van der Waals surface area contributed by atoms with Crippen LogP contribution in [0.1, 0.15) is 36.1 Å². The Hall–Kier alpha value is -2.77. The van der Waals surface area contributed by atoms with Crippen molar-refractivity contribution < 1.29 is 18.7 Å². The molecule has 0 bridgehead atoms. The zero-order valence-corrected chi connectivity index (χ0v) is 18.2. The highest BCUT2D eigenvalue weighted by Crippen LogP contribution is 2.36. The highest BCUT2D eigenvalue weighted by atomic mass is 19.1. The van der Waals surface area contributed by atoms with E-state index in [0.29, 0.717) is 32.7 Å². The molecule has 2 amide bonds. The summed E-state index contributed by atoms with van der Waals surface area (Å²) in [5.74, 6) is -0.268. The fourth-order valence-corrected chi connectivity index (χ4v) is 5.39. The van der Waals surface area contributed by atoms with Gasteiger partial charge in [-0.2, -0.15) is 0 Å².